The molecule has 0 saturated heterocycles. The van der Waals surface area contributed by atoms with Crippen LogP contribution in [0.15, 0.2) is 11.4 Å². The topological polar surface area (TPSA) is 37.4 Å². The van der Waals surface area contributed by atoms with E-state index in [9.17, 15) is 9.59 Å². The third kappa shape index (κ3) is 2.09. The molecular formula is C11H13NO2S. The highest BCUT2D eigenvalue weighted by molar-refractivity contribution is 7.10. The van der Waals surface area contributed by atoms with Crippen LogP contribution in [-0.4, -0.2) is 18.7 Å². The molecule has 0 aliphatic carbocycles. The number of aryl methyl sites for hydroxylation is 1. The Hall–Kier alpha value is -1.16. The Morgan fingerprint density at radius 2 is 2.33 bits per heavy atom. The number of rotatable bonds is 3. The van der Waals surface area contributed by atoms with Crippen molar-refractivity contribution < 1.29 is 9.59 Å². The number of nitrogens with zero attached hydrogens (tertiary/aromatic N) is 1. The lowest BCUT2D eigenvalue weighted by Crippen LogP contribution is -2.30. The minimum atomic E-state index is 0.147. The van der Waals surface area contributed by atoms with Gasteiger partial charge in [-0.05, 0) is 24.3 Å². The van der Waals surface area contributed by atoms with Crippen molar-refractivity contribution >= 4 is 29.2 Å². The smallest absolute Gasteiger partial charge is 0.227 e. The summed E-state index contributed by atoms with van der Waals surface area (Å²) in [7, 11) is 0. The molecule has 4 heteroatoms. The van der Waals surface area contributed by atoms with E-state index in [1.54, 1.807) is 16.2 Å². The van der Waals surface area contributed by atoms with Crippen molar-refractivity contribution in [1.82, 2.24) is 0 Å². The molecule has 0 radical (unpaired) electrons. The molecule has 1 aliphatic rings. The van der Waals surface area contributed by atoms with E-state index in [0.29, 0.717) is 19.4 Å². The molecule has 0 saturated carbocycles. The van der Waals surface area contributed by atoms with Crippen molar-refractivity contribution in [2.75, 3.05) is 11.4 Å². The van der Waals surface area contributed by atoms with Gasteiger partial charge >= 0.3 is 0 Å². The van der Waals surface area contributed by atoms with Crippen LogP contribution in [0, 0.1) is 0 Å². The molecule has 1 aromatic rings. The lowest BCUT2D eigenvalue weighted by molar-refractivity contribution is -0.118. The first-order valence-corrected chi connectivity index (χ1v) is 6.01. The molecule has 0 fully saturated rings. The molecule has 80 valence electrons. The molecule has 0 N–H and O–H groups in total. The highest BCUT2D eigenvalue weighted by atomic mass is 32.1. The van der Waals surface area contributed by atoms with Gasteiger partial charge in [-0.3, -0.25) is 4.79 Å². The van der Waals surface area contributed by atoms with Crippen molar-refractivity contribution in [1.29, 1.82) is 0 Å². The number of hydrogen-bond donors (Lipinski definition) is 0. The number of carbonyl (C=O) groups is 2. The summed E-state index contributed by atoms with van der Waals surface area (Å²) in [4.78, 5) is 25.2. The summed E-state index contributed by atoms with van der Waals surface area (Å²) in [6.45, 7) is 0.520. The molecule has 0 spiro atoms. The van der Waals surface area contributed by atoms with E-state index < -0.39 is 0 Å². The maximum atomic E-state index is 11.8. The Bertz CT molecular complexity index is 372. The largest absolute Gasteiger partial charge is 0.311 e. The fraction of sp³-hybridized carbons (Fsp3) is 0.455. The summed E-state index contributed by atoms with van der Waals surface area (Å²) in [5.41, 5.74) is 1.02. The number of carbonyl (C=O) groups excluding carboxylic acids is 2. The van der Waals surface area contributed by atoms with Crippen LogP contribution < -0.4 is 4.90 Å². The Morgan fingerprint density at radius 3 is 3.13 bits per heavy atom. The van der Waals surface area contributed by atoms with Crippen LogP contribution in [0.3, 0.4) is 0 Å². The SMILES string of the molecule is O=CCCN1C(=O)CCCc2sccc21. The van der Waals surface area contributed by atoms with Crippen molar-refractivity contribution in [2.45, 2.75) is 25.7 Å². The van der Waals surface area contributed by atoms with E-state index in [0.717, 1.165) is 24.8 Å². The minimum absolute atomic E-state index is 0.147. The Labute approximate surface area is 92.7 Å². The van der Waals surface area contributed by atoms with Crippen LogP contribution in [0.5, 0.6) is 0 Å². The summed E-state index contributed by atoms with van der Waals surface area (Å²) < 4.78 is 0. The van der Waals surface area contributed by atoms with Crippen LogP contribution in [-0.2, 0) is 16.0 Å². The van der Waals surface area contributed by atoms with Crippen molar-refractivity contribution in [3.63, 3.8) is 0 Å². The average molecular weight is 223 g/mol. The van der Waals surface area contributed by atoms with Crippen LogP contribution in [0.2, 0.25) is 0 Å². The van der Waals surface area contributed by atoms with Gasteiger partial charge in [0.05, 0.1) is 5.69 Å². The number of anilines is 1. The molecule has 0 bridgehead atoms. The lowest BCUT2D eigenvalue weighted by atomic mass is 10.2. The van der Waals surface area contributed by atoms with Crippen LogP contribution in [0.1, 0.15) is 24.1 Å². The number of thiophene rings is 1. The number of hydrogen-bond acceptors (Lipinski definition) is 3. The molecule has 0 aromatic carbocycles. The van der Waals surface area contributed by atoms with E-state index in [-0.39, 0.29) is 5.91 Å². The van der Waals surface area contributed by atoms with Gasteiger partial charge in [0.15, 0.2) is 0 Å². The third-order valence-electron chi connectivity index (χ3n) is 2.58. The molecule has 0 unspecified atom stereocenters. The second kappa shape index (κ2) is 4.57. The molecule has 1 aromatic heterocycles. The molecule has 1 amide bonds. The summed E-state index contributed by atoms with van der Waals surface area (Å²) in [5, 5.41) is 2.01. The van der Waals surface area contributed by atoms with Crippen molar-refractivity contribution in [2.24, 2.45) is 0 Å². The first-order chi connectivity index (χ1) is 7.33. The van der Waals surface area contributed by atoms with Crippen LogP contribution >= 0.6 is 11.3 Å². The van der Waals surface area contributed by atoms with Gasteiger partial charge in [-0.2, -0.15) is 0 Å². The lowest BCUT2D eigenvalue weighted by Gasteiger charge is -2.19. The van der Waals surface area contributed by atoms with E-state index in [4.69, 9.17) is 0 Å². The molecule has 2 rings (SSSR count). The summed E-state index contributed by atoms with van der Waals surface area (Å²) in [5.74, 6) is 0.147. The number of aldehydes is 1. The van der Waals surface area contributed by atoms with Gasteiger partial charge in [0.25, 0.3) is 0 Å². The normalized spacial score (nSPS) is 16.0. The molecular weight excluding hydrogens is 210 g/mol. The van der Waals surface area contributed by atoms with Gasteiger partial charge in [-0.15, -0.1) is 11.3 Å². The van der Waals surface area contributed by atoms with Crippen molar-refractivity contribution in [3.8, 4) is 0 Å². The van der Waals surface area contributed by atoms with Gasteiger partial charge in [-0.25, -0.2) is 0 Å². The standard InChI is InChI=1S/C11H13NO2S/c13-7-2-6-12-9-5-8-15-10(9)3-1-4-11(12)14/h5,7-8H,1-4,6H2. The molecule has 1 aliphatic heterocycles. The van der Waals surface area contributed by atoms with Gasteiger partial charge in [0.1, 0.15) is 6.29 Å². The monoisotopic (exact) mass is 223 g/mol. The predicted octanol–water partition coefficient (Wildman–Crippen LogP) is 2.01. The van der Waals surface area contributed by atoms with E-state index in [1.807, 2.05) is 11.4 Å². The zero-order valence-electron chi connectivity index (χ0n) is 8.44. The fourth-order valence-corrected chi connectivity index (χ4v) is 2.78. The maximum Gasteiger partial charge on any atom is 0.227 e. The van der Waals surface area contributed by atoms with Gasteiger partial charge in [-0.1, -0.05) is 0 Å². The highest BCUT2D eigenvalue weighted by Crippen LogP contribution is 2.31. The van der Waals surface area contributed by atoms with Crippen LogP contribution in [0.4, 0.5) is 5.69 Å². The van der Waals surface area contributed by atoms with Gasteiger partial charge in [0, 0.05) is 24.3 Å². The number of amides is 1. The molecule has 3 nitrogen and oxygen atoms in total. The van der Waals surface area contributed by atoms with E-state index >= 15 is 0 Å². The quantitative estimate of drug-likeness (QED) is 0.735. The maximum absolute atomic E-state index is 11.8. The third-order valence-corrected chi connectivity index (χ3v) is 3.55. The predicted molar refractivity (Wildman–Crippen MR) is 60.3 cm³/mol. The minimum Gasteiger partial charge on any atom is -0.311 e. The second-order valence-electron chi connectivity index (χ2n) is 3.58. The second-order valence-corrected chi connectivity index (χ2v) is 4.58. The Morgan fingerprint density at radius 1 is 1.47 bits per heavy atom. The molecule has 0 atom stereocenters. The van der Waals surface area contributed by atoms with E-state index in [1.165, 1.54) is 4.88 Å². The Kier molecular flexibility index (Phi) is 3.16. The summed E-state index contributed by atoms with van der Waals surface area (Å²) in [6.07, 6.45) is 3.78. The summed E-state index contributed by atoms with van der Waals surface area (Å²) in [6, 6.07) is 1.98. The Balaban J connectivity index is 2.25. The van der Waals surface area contributed by atoms with Crippen molar-refractivity contribution in [3.05, 3.63) is 16.3 Å². The summed E-state index contributed by atoms with van der Waals surface area (Å²) >= 11 is 1.70. The van der Waals surface area contributed by atoms with Gasteiger partial charge < -0.3 is 9.69 Å². The first-order valence-electron chi connectivity index (χ1n) is 5.13. The fourth-order valence-electron chi connectivity index (χ4n) is 1.86. The average Bonchev–Trinajstić information content (AvgIpc) is 2.62. The molecule has 15 heavy (non-hydrogen) atoms. The number of fused-ring (bicyclic) bond motifs is 1. The zero-order chi connectivity index (χ0) is 10.7. The van der Waals surface area contributed by atoms with E-state index in [2.05, 4.69) is 0 Å². The first kappa shape index (κ1) is 10.4. The molecule has 2 heterocycles. The highest BCUT2D eigenvalue weighted by Gasteiger charge is 2.22. The van der Waals surface area contributed by atoms with Gasteiger partial charge in [0.2, 0.25) is 5.91 Å². The zero-order valence-corrected chi connectivity index (χ0v) is 9.26. The van der Waals surface area contributed by atoms with Crippen LogP contribution in [0.25, 0.3) is 0 Å².